The molecule has 0 aromatic carbocycles. The Kier molecular flexibility index (Phi) is 18.0. The number of rotatable bonds is 17. The molecule has 0 aromatic rings. The number of hydrogen-bond acceptors (Lipinski definition) is 3. The van der Waals surface area contributed by atoms with Crippen molar-refractivity contribution in [3.63, 3.8) is 0 Å². The summed E-state index contributed by atoms with van der Waals surface area (Å²) in [4.78, 5) is 11.9. The molecule has 0 aliphatic rings. The zero-order valence-corrected chi connectivity index (χ0v) is 17.7. The molecule has 7 heteroatoms. The van der Waals surface area contributed by atoms with Gasteiger partial charge in [-0.25, -0.2) is 0 Å². The number of hydrogen-bond donors (Lipinski definition) is 2. The highest BCUT2D eigenvalue weighted by molar-refractivity contribution is 7.70. The van der Waals surface area contributed by atoms with Gasteiger partial charge in [0.2, 0.25) is 5.91 Å². The van der Waals surface area contributed by atoms with Crippen molar-refractivity contribution in [2.24, 2.45) is 5.73 Å². The quantitative estimate of drug-likeness (QED) is 0.235. The van der Waals surface area contributed by atoms with Crippen LogP contribution < -0.4 is 11.1 Å². The average molecular weight is 371 g/mol. The molecule has 0 saturated carbocycles. The molecule has 0 aromatic heterocycles. The Morgan fingerprint density at radius 3 is 2.04 bits per heavy atom. The number of amides is 1. The van der Waals surface area contributed by atoms with E-state index in [2.05, 4.69) is 21.0 Å². The van der Waals surface area contributed by atoms with Crippen LogP contribution in [0.1, 0.15) is 84.0 Å². The van der Waals surface area contributed by atoms with Crippen LogP contribution in [0.2, 0.25) is 0 Å². The van der Waals surface area contributed by atoms with E-state index < -0.39 is 8.58 Å². The van der Waals surface area contributed by atoms with Gasteiger partial charge >= 0.3 is 0 Å². The van der Waals surface area contributed by atoms with Gasteiger partial charge in [0.1, 0.15) is 0 Å². The minimum atomic E-state index is -1.30. The fourth-order valence-corrected chi connectivity index (χ4v) is 3.30. The molecule has 4 nitrogen and oxygen atoms in total. The zero-order valence-electron chi connectivity index (χ0n) is 15.5. The monoisotopic (exact) mass is 371 g/mol. The first-order valence-corrected chi connectivity index (χ1v) is 12.9. The van der Waals surface area contributed by atoms with E-state index in [1.165, 1.54) is 57.8 Å². The Balaban J connectivity index is 3.41. The Morgan fingerprint density at radius 2 is 1.58 bits per heavy atom. The molecule has 0 bridgehead atoms. The summed E-state index contributed by atoms with van der Waals surface area (Å²) in [5.74, 6) is 0.0690. The summed E-state index contributed by atoms with van der Waals surface area (Å²) in [5.41, 5.74) is 5.64. The summed E-state index contributed by atoms with van der Waals surface area (Å²) in [7, 11) is 6.75. The van der Waals surface area contributed by atoms with Crippen molar-refractivity contribution in [3.05, 3.63) is 0 Å². The lowest BCUT2D eigenvalue weighted by Crippen LogP contribution is -2.44. The first-order valence-electron chi connectivity index (χ1n) is 9.60. The van der Waals surface area contributed by atoms with E-state index >= 15 is 0 Å². The normalized spacial score (nSPS) is 12.5. The first kappa shape index (κ1) is 24.1. The van der Waals surface area contributed by atoms with Crippen LogP contribution in [0.25, 0.3) is 0 Å². The number of unbranched alkanes of at least 4 members (excludes halogenated alkanes) is 10. The predicted molar refractivity (Wildman–Crippen MR) is 109 cm³/mol. The number of nitrogens with one attached hydrogen (secondary N) is 1. The summed E-state index contributed by atoms with van der Waals surface area (Å²) in [6, 6.07) is -0.130. The third-order valence-electron chi connectivity index (χ3n) is 4.11. The molecule has 2 unspecified atom stereocenters. The highest BCUT2D eigenvalue weighted by atomic mass is 31.3. The zero-order chi connectivity index (χ0) is 18.0. The largest absolute Gasteiger partial charge is 0.420 e. The summed E-state index contributed by atoms with van der Waals surface area (Å²) in [6.45, 7) is 3.03. The minimum Gasteiger partial charge on any atom is -0.420 e. The fraction of sp³-hybridized carbons (Fsp3) is 0.941. The molecule has 24 heavy (non-hydrogen) atoms. The van der Waals surface area contributed by atoms with E-state index in [-0.39, 0.29) is 11.9 Å². The molecule has 0 spiro atoms. The van der Waals surface area contributed by atoms with Crippen LogP contribution in [-0.4, -0.2) is 41.1 Å². The van der Waals surface area contributed by atoms with E-state index in [9.17, 15) is 4.79 Å². The van der Waals surface area contributed by atoms with Gasteiger partial charge in [0.05, 0.1) is 20.1 Å². The van der Waals surface area contributed by atoms with Gasteiger partial charge in [-0.15, -0.1) is 8.79 Å². The summed E-state index contributed by atoms with van der Waals surface area (Å²) in [6.07, 6.45) is 14.8. The smallest absolute Gasteiger partial charge is 0.220 e. The third-order valence-corrected chi connectivity index (χ3v) is 5.11. The molecule has 3 N–H and O–H groups in total. The molecular formula is C17H37BN2O2PSi. The number of carbonyl (C=O) groups is 1. The predicted octanol–water partition coefficient (Wildman–Crippen LogP) is 3.18. The maximum absolute atomic E-state index is 11.9. The van der Waals surface area contributed by atoms with Gasteiger partial charge in [0, 0.05) is 13.0 Å². The van der Waals surface area contributed by atoms with Crippen molar-refractivity contribution < 1.29 is 9.22 Å². The molecule has 0 fully saturated rings. The second kappa shape index (κ2) is 17.9. The van der Waals surface area contributed by atoms with Crippen LogP contribution in [0, 0.1) is 0 Å². The van der Waals surface area contributed by atoms with Crippen molar-refractivity contribution in [1.82, 2.24) is 5.32 Å². The second-order valence-corrected chi connectivity index (χ2v) is 9.30. The van der Waals surface area contributed by atoms with Crippen molar-refractivity contribution in [3.8, 4) is 0 Å². The number of carbonyl (C=O) groups excluding carboxylic acids is 1. The third kappa shape index (κ3) is 16.9. The van der Waals surface area contributed by atoms with Gasteiger partial charge in [-0.2, -0.15) is 0 Å². The Bertz CT molecular complexity index is 300. The van der Waals surface area contributed by atoms with E-state index in [1.54, 1.807) is 0 Å². The summed E-state index contributed by atoms with van der Waals surface area (Å²) < 4.78 is 5.35. The van der Waals surface area contributed by atoms with Crippen LogP contribution in [-0.2, 0) is 9.22 Å². The maximum Gasteiger partial charge on any atom is 0.220 e. The van der Waals surface area contributed by atoms with E-state index in [4.69, 9.17) is 17.6 Å². The highest BCUT2D eigenvalue weighted by Crippen LogP contribution is 2.11. The Hall–Kier alpha value is 0.102. The highest BCUT2D eigenvalue weighted by Gasteiger charge is 2.11. The van der Waals surface area contributed by atoms with Gasteiger partial charge in [-0.05, 0) is 6.42 Å². The molecule has 0 aliphatic heterocycles. The van der Waals surface area contributed by atoms with Crippen molar-refractivity contribution in [2.75, 3.05) is 13.2 Å². The Labute approximate surface area is 154 Å². The van der Waals surface area contributed by atoms with E-state index in [0.29, 0.717) is 19.6 Å². The molecule has 0 saturated heterocycles. The first-order chi connectivity index (χ1) is 11.6. The van der Waals surface area contributed by atoms with Gasteiger partial charge in [-0.3, -0.25) is 4.79 Å². The van der Waals surface area contributed by atoms with Gasteiger partial charge in [0.25, 0.3) is 0 Å². The lowest BCUT2D eigenvalue weighted by Gasteiger charge is -2.18. The van der Waals surface area contributed by atoms with Crippen molar-refractivity contribution >= 4 is 30.7 Å². The van der Waals surface area contributed by atoms with E-state index in [0.717, 1.165) is 12.8 Å². The summed E-state index contributed by atoms with van der Waals surface area (Å²) in [5, 5.41) is 2.92. The van der Waals surface area contributed by atoms with Crippen molar-refractivity contribution in [1.29, 1.82) is 0 Å². The molecule has 1 amide bonds. The lowest BCUT2D eigenvalue weighted by molar-refractivity contribution is -0.122. The van der Waals surface area contributed by atoms with Gasteiger partial charge in [0.15, 0.2) is 8.58 Å². The van der Waals surface area contributed by atoms with Crippen LogP contribution in [0.15, 0.2) is 0 Å². The topological polar surface area (TPSA) is 64.3 Å². The number of nitrogens with two attached hydrogens (primary N) is 1. The minimum absolute atomic E-state index is 0.0690. The van der Waals surface area contributed by atoms with Gasteiger partial charge < -0.3 is 15.5 Å². The fourth-order valence-electron chi connectivity index (χ4n) is 2.62. The van der Waals surface area contributed by atoms with Crippen LogP contribution in [0.3, 0.4) is 0 Å². The maximum atomic E-state index is 11.9. The molecule has 3 radical (unpaired) electrons. The lowest BCUT2D eigenvalue weighted by atomic mass is 10.1. The average Bonchev–Trinajstić information content (AvgIpc) is 2.56. The molecule has 0 aliphatic carbocycles. The van der Waals surface area contributed by atoms with Crippen LogP contribution in [0.4, 0.5) is 0 Å². The molecule has 139 valence electrons. The van der Waals surface area contributed by atoms with Crippen LogP contribution in [0.5, 0.6) is 0 Å². The molecular weight excluding hydrogens is 334 g/mol. The summed E-state index contributed by atoms with van der Waals surface area (Å²) >= 11 is 0. The Morgan fingerprint density at radius 1 is 1.08 bits per heavy atom. The van der Waals surface area contributed by atoms with Crippen LogP contribution >= 0.6 is 8.79 Å². The molecule has 0 heterocycles. The standard InChI is InChI=1S/C17H37BN2O2PSi/c1-2-3-4-5-6-7-8-9-10-11-12-13-17(21)20-16(14-19)15-22-24(18)23/h16H,2-15,19,23H2,1H3,(H,20,21). The van der Waals surface area contributed by atoms with Gasteiger partial charge in [-0.1, -0.05) is 71.1 Å². The second-order valence-electron chi connectivity index (χ2n) is 6.50. The van der Waals surface area contributed by atoms with E-state index in [1.807, 2.05) is 0 Å². The van der Waals surface area contributed by atoms with Crippen molar-refractivity contribution in [2.45, 2.75) is 90.0 Å². The molecule has 2 atom stereocenters. The SMILES string of the molecule is [B][Si](P)OCC(CN)NC(=O)CCCCCCCCCCCCC. The molecule has 0 rings (SSSR count).